The van der Waals surface area contributed by atoms with E-state index in [9.17, 15) is 4.79 Å². The number of carbonyl (C=O) groups excluding carboxylic acids is 1. The first-order chi connectivity index (χ1) is 14.2. The lowest BCUT2D eigenvalue weighted by atomic mass is 10.1. The maximum atomic E-state index is 13.0. The van der Waals surface area contributed by atoms with Gasteiger partial charge in [0.05, 0.1) is 30.7 Å². The molecule has 2 aromatic heterocycles. The number of benzene rings is 2. The fraction of sp³-hybridized carbons (Fsp3) is 0.0870. The highest BCUT2D eigenvalue weighted by atomic mass is 16.5. The molecule has 6 nitrogen and oxygen atoms in total. The summed E-state index contributed by atoms with van der Waals surface area (Å²) in [5.74, 6) is 0.513. The second kappa shape index (κ2) is 8.39. The van der Waals surface area contributed by atoms with Crippen LogP contribution < -0.4 is 10.1 Å². The summed E-state index contributed by atoms with van der Waals surface area (Å²) in [7, 11) is 1.62. The first kappa shape index (κ1) is 18.4. The van der Waals surface area contributed by atoms with E-state index >= 15 is 0 Å². The summed E-state index contributed by atoms with van der Waals surface area (Å²) in [6.45, 7) is 0.341. The van der Waals surface area contributed by atoms with Crippen molar-refractivity contribution in [3.63, 3.8) is 0 Å². The second-order valence-electron chi connectivity index (χ2n) is 6.40. The van der Waals surface area contributed by atoms with E-state index < -0.39 is 0 Å². The molecule has 1 N–H and O–H groups in total. The summed E-state index contributed by atoms with van der Waals surface area (Å²) in [6, 6.07) is 24.6. The quantitative estimate of drug-likeness (QED) is 0.548. The van der Waals surface area contributed by atoms with Crippen LogP contribution in [0.3, 0.4) is 0 Å². The van der Waals surface area contributed by atoms with E-state index in [1.165, 1.54) is 0 Å². The highest BCUT2D eigenvalue weighted by Gasteiger charge is 2.18. The van der Waals surface area contributed by atoms with Crippen molar-refractivity contribution >= 4 is 5.91 Å². The van der Waals surface area contributed by atoms with Crippen molar-refractivity contribution in [3.05, 3.63) is 96.4 Å². The average Bonchev–Trinajstić information content (AvgIpc) is 3.24. The van der Waals surface area contributed by atoms with Gasteiger partial charge in [0.2, 0.25) is 0 Å². The van der Waals surface area contributed by atoms with E-state index in [4.69, 9.17) is 4.74 Å². The molecule has 0 fully saturated rings. The predicted molar refractivity (Wildman–Crippen MR) is 111 cm³/mol. The Morgan fingerprint density at radius 2 is 1.83 bits per heavy atom. The van der Waals surface area contributed by atoms with E-state index in [0.29, 0.717) is 17.9 Å². The minimum Gasteiger partial charge on any atom is -0.497 e. The number of methoxy groups -OCH3 is 1. The summed E-state index contributed by atoms with van der Waals surface area (Å²) in [4.78, 5) is 17.2. The van der Waals surface area contributed by atoms with E-state index in [-0.39, 0.29) is 5.91 Å². The van der Waals surface area contributed by atoms with Crippen molar-refractivity contribution in [2.45, 2.75) is 6.54 Å². The zero-order chi connectivity index (χ0) is 20.1. The summed E-state index contributed by atoms with van der Waals surface area (Å²) in [6.07, 6.45) is 1.70. The Balaban J connectivity index is 1.69. The topological polar surface area (TPSA) is 69.0 Å². The van der Waals surface area contributed by atoms with Crippen LogP contribution in [0.4, 0.5) is 0 Å². The molecular weight excluding hydrogens is 364 g/mol. The van der Waals surface area contributed by atoms with Crippen LogP contribution >= 0.6 is 0 Å². The van der Waals surface area contributed by atoms with E-state index in [1.54, 1.807) is 24.1 Å². The molecule has 0 unspecified atom stereocenters. The van der Waals surface area contributed by atoms with Gasteiger partial charge in [-0.15, -0.1) is 0 Å². The number of aromatic nitrogens is 3. The predicted octanol–water partition coefficient (Wildman–Crippen LogP) is 3.87. The molecule has 0 aliphatic rings. The van der Waals surface area contributed by atoms with Crippen LogP contribution in [0.15, 0.2) is 85.1 Å². The van der Waals surface area contributed by atoms with Crippen molar-refractivity contribution in [1.82, 2.24) is 20.1 Å². The zero-order valence-electron chi connectivity index (χ0n) is 15.9. The number of nitrogens with one attached hydrogen (secondary N) is 1. The number of amides is 1. The lowest BCUT2D eigenvalue weighted by Crippen LogP contribution is -2.25. The van der Waals surface area contributed by atoms with Gasteiger partial charge in [-0.1, -0.05) is 36.4 Å². The highest BCUT2D eigenvalue weighted by Crippen LogP contribution is 2.25. The number of rotatable bonds is 6. The number of hydrogen-bond acceptors (Lipinski definition) is 4. The van der Waals surface area contributed by atoms with Crippen LogP contribution in [-0.4, -0.2) is 27.8 Å². The van der Waals surface area contributed by atoms with Crippen LogP contribution in [-0.2, 0) is 6.54 Å². The zero-order valence-corrected chi connectivity index (χ0v) is 15.9. The Labute approximate surface area is 168 Å². The molecule has 1 amide bonds. The van der Waals surface area contributed by atoms with E-state index in [0.717, 1.165) is 22.7 Å². The fourth-order valence-corrected chi connectivity index (χ4v) is 3.00. The van der Waals surface area contributed by atoms with Crippen molar-refractivity contribution < 1.29 is 9.53 Å². The van der Waals surface area contributed by atoms with Gasteiger partial charge in [-0.05, 0) is 42.5 Å². The first-order valence-electron chi connectivity index (χ1n) is 9.22. The molecule has 29 heavy (non-hydrogen) atoms. The Kier molecular flexibility index (Phi) is 5.33. The Hall–Kier alpha value is -3.93. The van der Waals surface area contributed by atoms with Gasteiger partial charge >= 0.3 is 0 Å². The molecule has 6 heteroatoms. The SMILES string of the molecule is COc1cccc(-c2cc(C(=O)NCc3ccccn3)n(-c3ccccc3)n2)c1. The van der Waals surface area contributed by atoms with Crippen LogP contribution in [0.5, 0.6) is 5.75 Å². The van der Waals surface area contributed by atoms with Gasteiger partial charge in [0.25, 0.3) is 5.91 Å². The van der Waals surface area contributed by atoms with Crippen LogP contribution in [0.25, 0.3) is 16.9 Å². The number of para-hydroxylation sites is 1. The number of ether oxygens (including phenoxy) is 1. The Morgan fingerprint density at radius 1 is 1.00 bits per heavy atom. The summed E-state index contributed by atoms with van der Waals surface area (Å²) < 4.78 is 6.97. The molecule has 144 valence electrons. The fourth-order valence-electron chi connectivity index (χ4n) is 3.00. The van der Waals surface area contributed by atoms with Gasteiger partial charge in [-0.2, -0.15) is 5.10 Å². The van der Waals surface area contributed by atoms with Crippen molar-refractivity contribution in [1.29, 1.82) is 0 Å². The lowest BCUT2D eigenvalue weighted by molar-refractivity contribution is 0.0942. The van der Waals surface area contributed by atoms with Crippen molar-refractivity contribution in [2.75, 3.05) is 7.11 Å². The molecular formula is C23H20N4O2. The van der Waals surface area contributed by atoms with Crippen LogP contribution in [0.1, 0.15) is 16.2 Å². The van der Waals surface area contributed by atoms with Crippen LogP contribution in [0, 0.1) is 0 Å². The second-order valence-corrected chi connectivity index (χ2v) is 6.40. The first-order valence-corrected chi connectivity index (χ1v) is 9.22. The van der Waals surface area contributed by atoms with Gasteiger partial charge in [0.1, 0.15) is 11.4 Å². The summed E-state index contributed by atoms with van der Waals surface area (Å²) in [5.41, 5.74) is 3.61. The van der Waals surface area contributed by atoms with Gasteiger partial charge in [-0.25, -0.2) is 4.68 Å². The largest absolute Gasteiger partial charge is 0.497 e. The number of carbonyl (C=O) groups is 1. The third-order valence-corrected chi connectivity index (χ3v) is 4.46. The molecule has 4 rings (SSSR count). The number of pyridine rings is 1. The third kappa shape index (κ3) is 4.16. The smallest absolute Gasteiger partial charge is 0.270 e. The molecule has 2 heterocycles. The number of nitrogens with zero attached hydrogens (tertiary/aromatic N) is 3. The molecule has 0 radical (unpaired) electrons. The normalized spacial score (nSPS) is 10.5. The average molecular weight is 384 g/mol. The van der Waals surface area contributed by atoms with E-state index in [1.807, 2.05) is 72.8 Å². The summed E-state index contributed by atoms with van der Waals surface area (Å²) in [5, 5.41) is 7.61. The molecule has 0 saturated carbocycles. The molecule has 0 saturated heterocycles. The minimum absolute atomic E-state index is 0.221. The maximum Gasteiger partial charge on any atom is 0.270 e. The molecule has 0 bridgehead atoms. The number of hydrogen-bond donors (Lipinski definition) is 1. The molecule has 4 aromatic rings. The van der Waals surface area contributed by atoms with Crippen molar-refractivity contribution in [2.24, 2.45) is 0 Å². The molecule has 0 aliphatic heterocycles. The monoisotopic (exact) mass is 384 g/mol. The molecule has 0 aliphatic carbocycles. The van der Waals surface area contributed by atoms with Gasteiger partial charge < -0.3 is 10.1 Å². The summed E-state index contributed by atoms with van der Waals surface area (Å²) >= 11 is 0. The molecule has 0 atom stereocenters. The Bertz CT molecular complexity index is 1110. The minimum atomic E-state index is -0.221. The Morgan fingerprint density at radius 3 is 2.59 bits per heavy atom. The highest BCUT2D eigenvalue weighted by molar-refractivity contribution is 5.94. The van der Waals surface area contributed by atoms with Crippen LogP contribution in [0.2, 0.25) is 0 Å². The standard InChI is InChI=1S/C23H20N4O2/c1-29-20-12-7-8-17(14-20)21-15-22(27(26-21)19-10-3-2-4-11-19)23(28)25-16-18-9-5-6-13-24-18/h2-15H,16H2,1H3,(H,25,28). The molecule has 0 spiro atoms. The van der Waals surface area contributed by atoms with Gasteiger partial charge in [0.15, 0.2) is 0 Å². The van der Waals surface area contributed by atoms with Gasteiger partial charge in [0, 0.05) is 11.8 Å². The van der Waals surface area contributed by atoms with Gasteiger partial charge in [-0.3, -0.25) is 9.78 Å². The molecule has 2 aromatic carbocycles. The van der Waals surface area contributed by atoms with E-state index in [2.05, 4.69) is 15.4 Å². The lowest BCUT2D eigenvalue weighted by Gasteiger charge is -2.08. The maximum absolute atomic E-state index is 13.0. The van der Waals surface area contributed by atoms with Crippen molar-refractivity contribution in [3.8, 4) is 22.7 Å². The third-order valence-electron chi connectivity index (χ3n) is 4.46.